The number of carbonyl (C=O) groups is 1. The number of rotatable bonds is 10. The Hall–Kier alpha value is -3.06. The van der Waals surface area contributed by atoms with Crippen LogP contribution in [-0.4, -0.2) is 67.3 Å². The fourth-order valence-electron chi connectivity index (χ4n) is 5.34. The number of aliphatic hydroxyl groups excluding tert-OH is 2. The molecule has 42 heavy (non-hydrogen) atoms. The molecule has 0 spiro atoms. The molecule has 0 unspecified atom stereocenters. The molecular weight excluding hydrogens is 565 g/mol. The molecule has 1 aliphatic carbocycles. The molecule has 0 bridgehead atoms. The zero-order chi connectivity index (χ0) is 29.9. The molecule has 2 aromatic heterocycles. The van der Waals surface area contributed by atoms with E-state index in [0.29, 0.717) is 11.2 Å². The van der Waals surface area contributed by atoms with E-state index in [4.69, 9.17) is 24.3 Å². The SMILES string of the molecule is C[C@H](N[P@@](=O)(OC[C@@]1(C)O[C@@H](c2ccc3c(N)ncnn23)[C@H](O)[C@@H]1O)Oc1ccccc1)C(=O)OC1CCCCCC1. The first-order valence-electron chi connectivity index (χ1n) is 14.2. The van der Waals surface area contributed by atoms with Gasteiger partial charge in [-0.05, 0) is 63.8 Å². The fourth-order valence-corrected chi connectivity index (χ4v) is 6.92. The van der Waals surface area contributed by atoms with Crippen LogP contribution in [-0.2, 0) is 23.4 Å². The van der Waals surface area contributed by atoms with Gasteiger partial charge in [0, 0.05) is 0 Å². The van der Waals surface area contributed by atoms with E-state index >= 15 is 0 Å². The lowest BCUT2D eigenvalue weighted by molar-refractivity contribution is -0.151. The van der Waals surface area contributed by atoms with Gasteiger partial charge in [0.15, 0.2) is 5.82 Å². The molecular formula is C28H38N5O8P. The number of aromatic nitrogens is 3. The summed E-state index contributed by atoms with van der Waals surface area (Å²) in [4.78, 5) is 16.9. The minimum atomic E-state index is -4.25. The zero-order valence-corrected chi connectivity index (χ0v) is 24.6. The molecule has 5 N–H and O–H groups in total. The number of nitrogens with two attached hydrogens (primary N) is 1. The van der Waals surface area contributed by atoms with E-state index in [-0.39, 0.29) is 17.7 Å². The minimum Gasteiger partial charge on any atom is -0.461 e. The van der Waals surface area contributed by atoms with Gasteiger partial charge in [0.1, 0.15) is 53.7 Å². The van der Waals surface area contributed by atoms with Gasteiger partial charge in [-0.1, -0.05) is 31.0 Å². The molecule has 0 radical (unpaired) electrons. The maximum absolute atomic E-state index is 14.1. The van der Waals surface area contributed by atoms with Crippen LogP contribution >= 0.6 is 7.75 Å². The fraction of sp³-hybridized carbons (Fsp3) is 0.536. The molecule has 2 aliphatic rings. The van der Waals surface area contributed by atoms with Gasteiger partial charge in [0.25, 0.3) is 0 Å². The molecule has 2 fully saturated rings. The van der Waals surface area contributed by atoms with Crippen LogP contribution in [0.15, 0.2) is 48.8 Å². The zero-order valence-electron chi connectivity index (χ0n) is 23.7. The highest BCUT2D eigenvalue weighted by Gasteiger charge is 2.54. The molecule has 6 atom stereocenters. The molecule has 3 aromatic rings. The second-order valence-electron chi connectivity index (χ2n) is 11.1. The van der Waals surface area contributed by atoms with E-state index in [0.717, 1.165) is 38.5 Å². The Morgan fingerprint density at radius 3 is 2.62 bits per heavy atom. The van der Waals surface area contributed by atoms with Crippen molar-refractivity contribution in [1.29, 1.82) is 0 Å². The standard InChI is InChI=1S/C28H38N5O8P/c1-18(27(36)39-19-10-6-3-4-7-11-19)32-42(37,41-20-12-8-5-9-13-20)38-16-28(2)25(35)23(34)24(40-28)21-14-15-22-26(29)30-17-31-33(21)22/h5,8-9,12-15,17-19,23-25,34-35H,3-4,6-7,10-11,16H2,1-2H3,(H,32,37)(H2,29,30,31)/t18-,23-,24-,25-,28+,42+/m0/s1. The van der Waals surface area contributed by atoms with E-state index in [9.17, 15) is 19.6 Å². The van der Waals surface area contributed by atoms with Crippen molar-refractivity contribution in [2.75, 3.05) is 12.3 Å². The maximum atomic E-state index is 14.1. The van der Waals surface area contributed by atoms with Crippen LogP contribution < -0.4 is 15.3 Å². The van der Waals surface area contributed by atoms with E-state index in [1.165, 1.54) is 24.7 Å². The van der Waals surface area contributed by atoms with Gasteiger partial charge in [0.2, 0.25) is 0 Å². The number of benzene rings is 1. The summed E-state index contributed by atoms with van der Waals surface area (Å²) < 4.78 is 38.9. The molecule has 228 valence electrons. The number of nitrogens with one attached hydrogen (secondary N) is 1. The van der Waals surface area contributed by atoms with Crippen LogP contribution in [0.1, 0.15) is 64.2 Å². The molecule has 3 heterocycles. The third-order valence-electron chi connectivity index (χ3n) is 7.74. The molecule has 14 heteroatoms. The lowest BCUT2D eigenvalue weighted by Gasteiger charge is -2.30. The van der Waals surface area contributed by atoms with Gasteiger partial charge in [0.05, 0.1) is 12.3 Å². The highest BCUT2D eigenvalue weighted by atomic mass is 31.2. The third kappa shape index (κ3) is 6.61. The number of aliphatic hydroxyl groups is 2. The summed E-state index contributed by atoms with van der Waals surface area (Å²) in [7, 11) is -4.25. The van der Waals surface area contributed by atoms with E-state index in [2.05, 4.69) is 15.2 Å². The number of para-hydroxylation sites is 1. The maximum Gasteiger partial charge on any atom is 0.459 e. The van der Waals surface area contributed by atoms with Crippen LogP contribution in [0.2, 0.25) is 0 Å². The van der Waals surface area contributed by atoms with Crippen molar-refractivity contribution < 1.29 is 38.1 Å². The summed E-state index contributed by atoms with van der Waals surface area (Å²) in [6, 6.07) is 10.7. The molecule has 1 aromatic carbocycles. The predicted octanol–water partition coefficient (Wildman–Crippen LogP) is 3.31. The van der Waals surface area contributed by atoms with E-state index in [1.807, 2.05) is 0 Å². The molecule has 0 amide bonds. The Labute approximate surface area is 243 Å². The number of anilines is 1. The first-order chi connectivity index (χ1) is 20.1. The minimum absolute atomic E-state index is 0.190. The number of nitrogen functional groups attached to an aromatic ring is 1. The Morgan fingerprint density at radius 2 is 1.90 bits per heavy atom. The predicted molar refractivity (Wildman–Crippen MR) is 152 cm³/mol. The second kappa shape index (κ2) is 12.7. The average molecular weight is 604 g/mol. The van der Waals surface area contributed by atoms with Crippen LogP contribution in [0, 0.1) is 0 Å². The summed E-state index contributed by atoms with van der Waals surface area (Å²) in [5.74, 6) is -0.0831. The second-order valence-corrected chi connectivity index (χ2v) is 12.8. The van der Waals surface area contributed by atoms with Crippen molar-refractivity contribution in [1.82, 2.24) is 19.7 Å². The topological polar surface area (TPSA) is 180 Å². The monoisotopic (exact) mass is 603 g/mol. The van der Waals surface area contributed by atoms with Crippen molar-refractivity contribution in [3.63, 3.8) is 0 Å². The van der Waals surface area contributed by atoms with Gasteiger partial charge >= 0.3 is 13.7 Å². The van der Waals surface area contributed by atoms with Crippen LogP contribution in [0.3, 0.4) is 0 Å². The molecule has 1 saturated carbocycles. The van der Waals surface area contributed by atoms with Gasteiger partial charge in [-0.2, -0.15) is 10.2 Å². The number of hydrogen-bond donors (Lipinski definition) is 4. The first-order valence-corrected chi connectivity index (χ1v) is 15.7. The highest BCUT2D eigenvalue weighted by molar-refractivity contribution is 7.52. The highest BCUT2D eigenvalue weighted by Crippen LogP contribution is 2.48. The summed E-state index contributed by atoms with van der Waals surface area (Å²) in [6.07, 6.45) is 3.05. The van der Waals surface area contributed by atoms with E-state index in [1.54, 1.807) is 42.5 Å². The summed E-state index contributed by atoms with van der Waals surface area (Å²) in [5, 5.41) is 28.9. The van der Waals surface area contributed by atoms with Crippen molar-refractivity contribution in [2.24, 2.45) is 0 Å². The van der Waals surface area contributed by atoms with Crippen molar-refractivity contribution in [3.8, 4) is 5.75 Å². The molecule has 5 rings (SSSR count). The summed E-state index contributed by atoms with van der Waals surface area (Å²) in [6.45, 7) is 2.59. The van der Waals surface area contributed by atoms with Crippen molar-refractivity contribution in [3.05, 3.63) is 54.5 Å². The van der Waals surface area contributed by atoms with Gasteiger partial charge in [-0.15, -0.1) is 0 Å². The number of esters is 1. The van der Waals surface area contributed by atoms with E-state index < -0.39 is 50.3 Å². The number of fused-ring (bicyclic) bond motifs is 1. The number of hydrogen-bond acceptors (Lipinski definition) is 11. The number of nitrogens with zero attached hydrogens (tertiary/aromatic N) is 3. The average Bonchev–Trinajstić information content (AvgIpc) is 3.36. The van der Waals surface area contributed by atoms with Gasteiger partial charge in [-0.25, -0.2) is 14.1 Å². The lowest BCUT2D eigenvalue weighted by atomic mass is 9.97. The third-order valence-corrected chi connectivity index (χ3v) is 9.36. The lowest BCUT2D eigenvalue weighted by Crippen LogP contribution is -2.45. The van der Waals surface area contributed by atoms with Gasteiger partial charge < -0.3 is 29.9 Å². The van der Waals surface area contributed by atoms with Crippen LogP contribution in [0.25, 0.3) is 5.52 Å². The normalized spacial score (nSPS) is 27.3. The van der Waals surface area contributed by atoms with Crippen molar-refractivity contribution >= 4 is 25.1 Å². The largest absolute Gasteiger partial charge is 0.461 e. The molecule has 1 aliphatic heterocycles. The Kier molecular flexibility index (Phi) is 9.17. The van der Waals surface area contributed by atoms with Crippen molar-refractivity contribution in [2.45, 2.75) is 88.4 Å². The molecule has 1 saturated heterocycles. The Bertz CT molecular complexity index is 1420. The smallest absolute Gasteiger partial charge is 0.459 e. The van der Waals surface area contributed by atoms with Gasteiger partial charge in [-0.3, -0.25) is 9.32 Å². The quantitative estimate of drug-likeness (QED) is 0.151. The molecule has 13 nitrogen and oxygen atoms in total. The Morgan fingerprint density at radius 1 is 1.19 bits per heavy atom. The Balaban J connectivity index is 1.31. The summed E-state index contributed by atoms with van der Waals surface area (Å²) in [5.41, 5.74) is 5.36. The van der Waals surface area contributed by atoms with Crippen LogP contribution in [0.4, 0.5) is 5.82 Å². The van der Waals surface area contributed by atoms with Crippen LogP contribution in [0.5, 0.6) is 5.75 Å². The summed E-state index contributed by atoms with van der Waals surface area (Å²) >= 11 is 0. The first kappa shape index (κ1) is 30.4. The number of ether oxygens (including phenoxy) is 2. The number of carbonyl (C=O) groups excluding carboxylic acids is 1.